The summed E-state index contributed by atoms with van der Waals surface area (Å²) in [6, 6.07) is 5.55. The highest BCUT2D eigenvalue weighted by Gasteiger charge is 2.24. The first-order valence-electron chi connectivity index (χ1n) is 4.24. The molecular formula is C9H9F2NO3S. The maximum absolute atomic E-state index is 12.1. The van der Waals surface area contributed by atoms with E-state index in [1.54, 1.807) is 4.72 Å². The molecule has 0 spiro atoms. The summed E-state index contributed by atoms with van der Waals surface area (Å²) >= 11 is 0. The molecule has 88 valence electrons. The zero-order valence-corrected chi connectivity index (χ0v) is 9.09. The first-order valence-corrected chi connectivity index (χ1v) is 5.79. The van der Waals surface area contributed by atoms with Crippen LogP contribution in [-0.4, -0.2) is 20.0 Å². The summed E-state index contributed by atoms with van der Waals surface area (Å²) in [5.74, 6) is -3.94. The van der Waals surface area contributed by atoms with E-state index in [0.29, 0.717) is 0 Å². The van der Waals surface area contributed by atoms with Gasteiger partial charge in [0.15, 0.2) is 5.78 Å². The van der Waals surface area contributed by atoms with Gasteiger partial charge in [-0.25, -0.2) is 8.42 Å². The number of sulfonamides is 1. The number of para-hydroxylation sites is 1. The van der Waals surface area contributed by atoms with Crippen LogP contribution in [0.4, 0.5) is 14.5 Å². The maximum Gasteiger partial charge on any atom is 0.355 e. The second-order valence-electron chi connectivity index (χ2n) is 3.01. The number of benzene rings is 1. The van der Waals surface area contributed by atoms with Crippen LogP contribution in [0.5, 0.6) is 0 Å². The van der Waals surface area contributed by atoms with Gasteiger partial charge in [-0.3, -0.25) is 9.52 Å². The summed E-state index contributed by atoms with van der Waals surface area (Å²) in [5, 5.41) is 0. The Bertz CT molecular complexity index is 499. The first kappa shape index (κ1) is 12.6. The van der Waals surface area contributed by atoms with Crippen molar-refractivity contribution in [2.45, 2.75) is 12.7 Å². The molecule has 0 saturated carbocycles. The summed E-state index contributed by atoms with van der Waals surface area (Å²) in [7, 11) is -4.74. The van der Waals surface area contributed by atoms with E-state index in [1.165, 1.54) is 31.2 Å². The average molecular weight is 249 g/mol. The van der Waals surface area contributed by atoms with Gasteiger partial charge in [0.2, 0.25) is 0 Å². The molecule has 0 saturated heterocycles. The SMILES string of the molecule is CC(=O)c1ccccc1NS(=O)(=O)C(F)F. The molecule has 0 amide bonds. The molecule has 0 unspecified atom stereocenters. The van der Waals surface area contributed by atoms with Gasteiger partial charge >= 0.3 is 5.76 Å². The molecule has 0 aromatic heterocycles. The van der Waals surface area contributed by atoms with E-state index in [1.807, 2.05) is 0 Å². The lowest BCUT2D eigenvalue weighted by atomic mass is 10.1. The van der Waals surface area contributed by atoms with Gasteiger partial charge in [-0.1, -0.05) is 12.1 Å². The van der Waals surface area contributed by atoms with E-state index in [-0.39, 0.29) is 11.3 Å². The van der Waals surface area contributed by atoms with Crippen molar-refractivity contribution >= 4 is 21.5 Å². The van der Waals surface area contributed by atoms with Gasteiger partial charge in [0.25, 0.3) is 10.0 Å². The molecule has 4 nitrogen and oxygen atoms in total. The number of hydrogen-bond acceptors (Lipinski definition) is 3. The van der Waals surface area contributed by atoms with Gasteiger partial charge < -0.3 is 0 Å². The third kappa shape index (κ3) is 2.75. The summed E-state index contributed by atoms with van der Waals surface area (Å²) in [4.78, 5) is 11.1. The number of alkyl halides is 2. The fourth-order valence-corrected chi connectivity index (χ4v) is 1.65. The zero-order chi connectivity index (χ0) is 12.3. The Labute approximate surface area is 91.3 Å². The largest absolute Gasteiger partial charge is 0.355 e. The van der Waals surface area contributed by atoms with Crippen LogP contribution < -0.4 is 4.72 Å². The van der Waals surface area contributed by atoms with Gasteiger partial charge in [0, 0.05) is 5.56 Å². The van der Waals surface area contributed by atoms with Gasteiger partial charge in [-0.05, 0) is 19.1 Å². The second kappa shape index (κ2) is 4.56. The molecule has 1 N–H and O–H groups in total. The molecule has 0 aliphatic carbocycles. The van der Waals surface area contributed by atoms with Crippen molar-refractivity contribution in [2.75, 3.05) is 4.72 Å². The normalized spacial score (nSPS) is 11.5. The predicted octanol–water partition coefficient (Wildman–Crippen LogP) is 1.85. The Morgan fingerprint density at radius 2 is 1.88 bits per heavy atom. The highest BCUT2D eigenvalue weighted by molar-refractivity contribution is 7.93. The predicted molar refractivity (Wildman–Crippen MR) is 55.0 cm³/mol. The number of hydrogen-bond donors (Lipinski definition) is 1. The first-order chi connectivity index (χ1) is 7.34. The quantitative estimate of drug-likeness (QED) is 0.828. The topological polar surface area (TPSA) is 63.2 Å². The average Bonchev–Trinajstić information content (AvgIpc) is 2.17. The number of nitrogens with one attached hydrogen (secondary N) is 1. The Kier molecular flexibility index (Phi) is 3.58. The number of halogens is 2. The molecule has 0 aliphatic rings. The van der Waals surface area contributed by atoms with Crippen LogP contribution in [0.3, 0.4) is 0 Å². The van der Waals surface area contributed by atoms with Crippen LogP contribution in [0.15, 0.2) is 24.3 Å². The third-order valence-corrected chi connectivity index (χ3v) is 2.77. The van der Waals surface area contributed by atoms with Crippen LogP contribution in [0, 0.1) is 0 Å². The van der Waals surface area contributed by atoms with Crippen molar-refractivity contribution in [1.29, 1.82) is 0 Å². The van der Waals surface area contributed by atoms with E-state index in [4.69, 9.17) is 0 Å². The number of anilines is 1. The standard InChI is InChI=1S/C9H9F2NO3S/c1-6(13)7-4-2-3-5-8(7)12-16(14,15)9(10)11/h2-5,9,12H,1H3. The molecule has 0 bridgehead atoms. The van der Waals surface area contributed by atoms with Gasteiger partial charge in [0.05, 0.1) is 5.69 Å². The number of rotatable bonds is 4. The van der Waals surface area contributed by atoms with Crippen molar-refractivity contribution in [2.24, 2.45) is 0 Å². The number of carbonyl (C=O) groups is 1. The zero-order valence-electron chi connectivity index (χ0n) is 8.28. The van der Waals surface area contributed by atoms with E-state index < -0.39 is 21.6 Å². The minimum absolute atomic E-state index is 0.0479. The van der Waals surface area contributed by atoms with Crippen LogP contribution in [0.25, 0.3) is 0 Å². The van der Waals surface area contributed by atoms with Crippen molar-refractivity contribution < 1.29 is 22.0 Å². The summed E-state index contributed by atoms with van der Waals surface area (Å²) in [6.45, 7) is 1.22. The van der Waals surface area contributed by atoms with E-state index >= 15 is 0 Å². The molecule has 1 aromatic rings. The maximum atomic E-state index is 12.1. The number of Topliss-reactive ketones (excluding diaryl/α,β-unsaturated/α-hetero) is 1. The Morgan fingerprint density at radius 3 is 2.38 bits per heavy atom. The Balaban J connectivity index is 3.12. The van der Waals surface area contributed by atoms with Crippen molar-refractivity contribution in [3.05, 3.63) is 29.8 Å². The Hall–Kier alpha value is -1.50. The van der Waals surface area contributed by atoms with Crippen LogP contribution >= 0.6 is 0 Å². The van der Waals surface area contributed by atoms with Crippen LogP contribution in [0.1, 0.15) is 17.3 Å². The molecule has 0 aliphatic heterocycles. The van der Waals surface area contributed by atoms with Crippen LogP contribution in [0.2, 0.25) is 0 Å². The summed E-state index contributed by atoms with van der Waals surface area (Å²) < 4.78 is 47.7. The van der Waals surface area contributed by atoms with E-state index in [0.717, 1.165) is 0 Å². The smallest absolute Gasteiger partial charge is 0.294 e. The van der Waals surface area contributed by atoms with Gasteiger partial charge in [-0.2, -0.15) is 8.78 Å². The minimum Gasteiger partial charge on any atom is -0.294 e. The second-order valence-corrected chi connectivity index (χ2v) is 4.66. The fraction of sp³-hybridized carbons (Fsp3) is 0.222. The van der Waals surface area contributed by atoms with E-state index in [2.05, 4.69) is 0 Å². The third-order valence-electron chi connectivity index (χ3n) is 1.79. The molecular weight excluding hydrogens is 240 g/mol. The van der Waals surface area contributed by atoms with E-state index in [9.17, 15) is 22.0 Å². The Morgan fingerprint density at radius 1 is 1.31 bits per heavy atom. The van der Waals surface area contributed by atoms with Crippen molar-refractivity contribution in [1.82, 2.24) is 0 Å². The molecule has 1 aromatic carbocycles. The van der Waals surface area contributed by atoms with Crippen molar-refractivity contribution in [3.63, 3.8) is 0 Å². The van der Waals surface area contributed by atoms with Gasteiger partial charge in [0.1, 0.15) is 0 Å². The highest BCUT2D eigenvalue weighted by atomic mass is 32.2. The lowest BCUT2D eigenvalue weighted by Gasteiger charge is -2.09. The fourth-order valence-electron chi connectivity index (χ4n) is 1.08. The molecule has 7 heteroatoms. The monoisotopic (exact) mass is 249 g/mol. The lowest BCUT2D eigenvalue weighted by Crippen LogP contribution is -2.21. The van der Waals surface area contributed by atoms with Gasteiger partial charge in [-0.15, -0.1) is 0 Å². The molecule has 0 heterocycles. The number of ketones is 1. The number of carbonyl (C=O) groups excluding carboxylic acids is 1. The summed E-state index contributed by atoms with van der Waals surface area (Å²) in [6.07, 6.45) is 0. The molecule has 0 atom stereocenters. The van der Waals surface area contributed by atoms with Crippen molar-refractivity contribution in [3.8, 4) is 0 Å². The minimum atomic E-state index is -4.74. The highest BCUT2D eigenvalue weighted by Crippen LogP contribution is 2.19. The summed E-state index contributed by atoms with van der Waals surface area (Å²) in [5.41, 5.74) is -0.0953. The van der Waals surface area contributed by atoms with Crippen LogP contribution in [-0.2, 0) is 10.0 Å². The molecule has 0 fully saturated rings. The lowest BCUT2D eigenvalue weighted by molar-refractivity contribution is 0.101. The molecule has 1 rings (SSSR count). The molecule has 16 heavy (non-hydrogen) atoms. The molecule has 0 radical (unpaired) electrons.